The summed E-state index contributed by atoms with van der Waals surface area (Å²) in [4.78, 5) is 43.7. The molecular formula is C29H23N3O7. The smallest absolute Gasteiger partial charge is 0.280 e. The van der Waals surface area contributed by atoms with Crippen LogP contribution >= 0.6 is 0 Å². The Morgan fingerprint density at radius 1 is 1.13 bits per heavy atom. The number of nitro benzene ring substituents is 1. The van der Waals surface area contributed by atoms with Gasteiger partial charge in [0, 0.05) is 22.6 Å². The van der Waals surface area contributed by atoms with Gasteiger partial charge in [0.05, 0.1) is 23.2 Å². The molecule has 4 aromatic rings. The van der Waals surface area contributed by atoms with E-state index in [9.17, 15) is 24.8 Å². The van der Waals surface area contributed by atoms with Crippen molar-refractivity contribution in [3.05, 3.63) is 104 Å². The highest BCUT2D eigenvalue weighted by atomic mass is 16.6. The molecule has 10 heteroatoms. The summed E-state index contributed by atoms with van der Waals surface area (Å²) >= 11 is 0. The lowest BCUT2D eigenvalue weighted by atomic mass is 9.69. The molecule has 1 amide bonds. The molecular weight excluding hydrogens is 502 g/mol. The lowest BCUT2D eigenvalue weighted by Crippen LogP contribution is -2.51. The number of para-hydroxylation sites is 1. The maximum atomic E-state index is 14.6. The molecule has 3 aromatic carbocycles. The summed E-state index contributed by atoms with van der Waals surface area (Å²) in [5, 5.41) is 24.9. The van der Waals surface area contributed by atoms with Crippen LogP contribution in [0.15, 0.2) is 60.7 Å². The third-order valence-electron chi connectivity index (χ3n) is 7.66. The largest absolute Gasteiger partial charge is 0.495 e. The highest BCUT2D eigenvalue weighted by molar-refractivity contribution is 6.17. The standard InChI is InChI=1S/C29H23N3O7/c1-14(2)15-11-12-17-21(13-15)39-29(35)18-8-6-10-20(32(36)37)22(18)26(33)28(17,29)25-23(27(30)34)24(38-3)16-7-4-5-9-19(16)31-25/h4-14,35H,1-3H3,(H2,30,34). The summed E-state index contributed by atoms with van der Waals surface area (Å²) in [5.41, 5.74) is 3.75. The second-order valence-corrected chi connectivity index (χ2v) is 9.94. The molecule has 196 valence electrons. The number of nitro groups is 1. The number of ketones is 1. The number of nitrogens with two attached hydrogens (primary N) is 1. The van der Waals surface area contributed by atoms with Crippen LogP contribution in [0.25, 0.3) is 10.9 Å². The maximum absolute atomic E-state index is 14.6. The van der Waals surface area contributed by atoms with Gasteiger partial charge in [0.25, 0.3) is 17.4 Å². The van der Waals surface area contributed by atoms with Gasteiger partial charge in [-0.2, -0.15) is 0 Å². The van der Waals surface area contributed by atoms with Crippen molar-refractivity contribution < 1.29 is 29.1 Å². The fourth-order valence-electron chi connectivity index (χ4n) is 5.93. The minimum atomic E-state index is -2.48. The topological polar surface area (TPSA) is 155 Å². The van der Waals surface area contributed by atoms with Gasteiger partial charge in [-0.05, 0) is 29.7 Å². The second-order valence-electron chi connectivity index (χ2n) is 9.94. The minimum absolute atomic E-state index is 0.0605. The van der Waals surface area contributed by atoms with Crippen molar-refractivity contribution in [1.29, 1.82) is 0 Å². The zero-order valence-corrected chi connectivity index (χ0v) is 21.2. The molecule has 2 heterocycles. The summed E-state index contributed by atoms with van der Waals surface area (Å²) in [6.45, 7) is 3.96. The van der Waals surface area contributed by atoms with Gasteiger partial charge in [-0.15, -0.1) is 0 Å². The zero-order valence-electron chi connectivity index (χ0n) is 21.2. The molecule has 0 saturated carbocycles. The number of hydrogen-bond acceptors (Lipinski definition) is 8. The normalized spacial score (nSPS) is 20.9. The van der Waals surface area contributed by atoms with Gasteiger partial charge in [0.1, 0.15) is 22.6 Å². The van der Waals surface area contributed by atoms with E-state index >= 15 is 0 Å². The van der Waals surface area contributed by atoms with Crippen LogP contribution in [0.5, 0.6) is 11.5 Å². The van der Waals surface area contributed by atoms with E-state index in [2.05, 4.69) is 0 Å². The molecule has 1 aromatic heterocycles. The van der Waals surface area contributed by atoms with E-state index < -0.39 is 33.5 Å². The number of aliphatic hydroxyl groups is 1. The maximum Gasteiger partial charge on any atom is 0.280 e. The molecule has 6 rings (SSSR count). The van der Waals surface area contributed by atoms with Gasteiger partial charge in [-0.3, -0.25) is 19.7 Å². The molecule has 0 fully saturated rings. The quantitative estimate of drug-likeness (QED) is 0.292. The highest BCUT2D eigenvalue weighted by Gasteiger charge is 2.74. The van der Waals surface area contributed by atoms with E-state index in [0.29, 0.717) is 10.9 Å². The monoisotopic (exact) mass is 525 g/mol. The molecule has 3 N–H and O–H groups in total. The van der Waals surface area contributed by atoms with Crippen LogP contribution in [0.3, 0.4) is 0 Å². The van der Waals surface area contributed by atoms with E-state index in [-0.39, 0.29) is 45.4 Å². The van der Waals surface area contributed by atoms with Crippen molar-refractivity contribution in [3.63, 3.8) is 0 Å². The Kier molecular flexibility index (Phi) is 5.08. The lowest BCUT2D eigenvalue weighted by Gasteiger charge is -2.34. The van der Waals surface area contributed by atoms with Crippen LogP contribution in [-0.4, -0.2) is 33.8 Å². The highest BCUT2D eigenvalue weighted by Crippen LogP contribution is 2.64. The third-order valence-corrected chi connectivity index (χ3v) is 7.66. The van der Waals surface area contributed by atoms with Crippen LogP contribution < -0.4 is 15.2 Å². The van der Waals surface area contributed by atoms with Gasteiger partial charge in [0.15, 0.2) is 11.2 Å². The molecule has 0 radical (unpaired) electrons. The average molecular weight is 526 g/mol. The summed E-state index contributed by atoms with van der Waals surface area (Å²) in [7, 11) is 1.35. The summed E-state index contributed by atoms with van der Waals surface area (Å²) in [5.74, 6) is -3.93. The Labute approximate surface area is 222 Å². The number of aromatic nitrogens is 1. The zero-order chi connectivity index (χ0) is 27.9. The molecule has 0 saturated heterocycles. The van der Waals surface area contributed by atoms with Crippen molar-refractivity contribution in [2.75, 3.05) is 7.11 Å². The Hall–Kier alpha value is -4.83. The molecule has 39 heavy (non-hydrogen) atoms. The Bertz CT molecular complexity index is 1770. The van der Waals surface area contributed by atoms with Crippen molar-refractivity contribution in [2.24, 2.45) is 5.73 Å². The van der Waals surface area contributed by atoms with Gasteiger partial charge >= 0.3 is 0 Å². The van der Waals surface area contributed by atoms with E-state index in [1.54, 1.807) is 42.5 Å². The average Bonchev–Trinajstić information content (AvgIpc) is 3.29. The van der Waals surface area contributed by atoms with Gasteiger partial charge < -0.3 is 20.3 Å². The number of ether oxygens (including phenoxy) is 2. The van der Waals surface area contributed by atoms with Crippen LogP contribution in [0.4, 0.5) is 5.69 Å². The number of pyridine rings is 1. The van der Waals surface area contributed by atoms with Gasteiger partial charge in [0.2, 0.25) is 0 Å². The van der Waals surface area contributed by atoms with Gasteiger partial charge in [-0.1, -0.05) is 50.2 Å². The third kappa shape index (κ3) is 2.91. The number of primary amides is 1. The fourth-order valence-corrected chi connectivity index (χ4v) is 5.93. The number of rotatable bonds is 5. The predicted molar refractivity (Wildman–Crippen MR) is 140 cm³/mol. The van der Waals surface area contributed by atoms with E-state index in [1.807, 2.05) is 13.8 Å². The first-order chi connectivity index (χ1) is 18.6. The number of benzene rings is 3. The SMILES string of the molecule is COc1c(C(N)=O)c(C23C(=O)c4c([N+](=O)[O-])cccc4C2(O)Oc2cc(C(C)C)ccc23)nc2ccccc12. The molecule has 1 aliphatic heterocycles. The van der Waals surface area contributed by atoms with E-state index in [0.717, 1.165) is 5.56 Å². The van der Waals surface area contributed by atoms with Crippen LogP contribution in [-0.2, 0) is 11.2 Å². The van der Waals surface area contributed by atoms with Crippen LogP contribution in [0.2, 0.25) is 0 Å². The number of carbonyl (C=O) groups is 2. The first-order valence-electron chi connectivity index (χ1n) is 12.2. The van der Waals surface area contributed by atoms with Crippen molar-refractivity contribution in [3.8, 4) is 11.5 Å². The van der Waals surface area contributed by atoms with Gasteiger partial charge in [-0.25, -0.2) is 4.98 Å². The number of carbonyl (C=O) groups excluding carboxylic acids is 2. The lowest BCUT2D eigenvalue weighted by molar-refractivity contribution is -0.385. The number of nitrogens with zero attached hydrogens (tertiary/aromatic N) is 2. The summed E-state index contributed by atoms with van der Waals surface area (Å²) < 4.78 is 11.8. The first kappa shape index (κ1) is 24.5. The van der Waals surface area contributed by atoms with Crippen molar-refractivity contribution in [2.45, 2.75) is 31.0 Å². The minimum Gasteiger partial charge on any atom is -0.495 e. The molecule has 10 nitrogen and oxygen atoms in total. The van der Waals surface area contributed by atoms with Crippen LogP contribution in [0.1, 0.15) is 62.9 Å². The molecule has 0 bridgehead atoms. The molecule has 2 atom stereocenters. The Morgan fingerprint density at radius 2 is 1.87 bits per heavy atom. The molecule has 0 spiro atoms. The van der Waals surface area contributed by atoms with Crippen molar-refractivity contribution >= 4 is 28.3 Å². The fraction of sp³-hybridized carbons (Fsp3) is 0.207. The number of fused-ring (bicyclic) bond motifs is 6. The second kappa shape index (κ2) is 8.08. The number of amides is 1. The summed E-state index contributed by atoms with van der Waals surface area (Å²) in [6, 6.07) is 15.9. The number of hydrogen-bond donors (Lipinski definition) is 2. The van der Waals surface area contributed by atoms with E-state index in [1.165, 1.54) is 25.3 Å². The first-order valence-corrected chi connectivity index (χ1v) is 12.2. The molecule has 2 unspecified atom stereocenters. The predicted octanol–water partition coefficient (Wildman–Crippen LogP) is 4.09. The Balaban J connectivity index is 1.82. The van der Waals surface area contributed by atoms with Crippen LogP contribution in [0, 0.1) is 10.1 Å². The molecule has 1 aliphatic carbocycles. The Morgan fingerprint density at radius 3 is 2.54 bits per heavy atom. The van der Waals surface area contributed by atoms with E-state index in [4.69, 9.17) is 20.2 Å². The number of Topliss-reactive ketones (excluding diaryl/α,β-unsaturated/α-hetero) is 1. The number of methoxy groups -OCH3 is 1. The summed E-state index contributed by atoms with van der Waals surface area (Å²) in [6.07, 6.45) is 0. The van der Waals surface area contributed by atoms with Crippen molar-refractivity contribution in [1.82, 2.24) is 4.98 Å². The molecule has 2 aliphatic rings.